The third-order valence-corrected chi connectivity index (χ3v) is 4.95. The lowest BCUT2D eigenvalue weighted by Gasteiger charge is -2.40. The van der Waals surface area contributed by atoms with Gasteiger partial charge in [0.1, 0.15) is 0 Å². The van der Waals surface area contributed by atoms with Gasteiger partial charge in [0, 0.05) is 31.5 Å². The van der Waals surface area contributed by atoms with Crippen molar-refractivity contribution in [2.75, 3.05) is 19.6 Å². The van der Waals surface area contributed by atoms with E-state index in [1.165, 1.54) is 0 Å². The fourth-order valence-electron chi connectivity index (χ4n) is 3.49. The van der Waals surface area contributed by atoms with Crippen LogP contribution in [0.4, 0.5) is 0 Å². The van der Waals surface area contributed by atoms with E-state index in [-0.39, 0.29) is 5.78 Å². The molecule has 0 spiro atoms. The number of rotatable bonds is 6. The lowest BCUT2D eigenvalue weighted by Crippen LogP contribution is -2.52. The number of ketones is 1. The van der Waals surface area contributed by atoms with Crippen molar-refractivity contribution in [2.24, 2.45) is 0 Å². The summed E-state index contributed by atoms with van der Waals surface area (Å²) >= 11 is 0. The van der Waals surface area contributed by atoms with Gasteiger partial charge in [-0.15, -0.1) is 0 Å². The fraction of sp³-hybridized carbons (Fsp3) is 0.364. The van der Waals surface area contributed by atoms with Gasteiger partial charge in [-0.3, -0.25) is 4.79 Å². The van der Waals surface area contributed by atoms with Crippen LogP contribution in [0, 0.1) is 0 Å². The number of hydrogen-bond donors (Lipinski definition) is 0. The first kappa shape index (κ1) is 18.3. The van der Waals surface area contributed by atoms with E-state index < -0.39 is 11.6 Å². The predicted molar refractivity (Wildman–Crippen MR) is 101 cm³/mol. The zero-order chi connectivity index (χ0) is 18.4. The molecule has 0 N–H and O–H groups in total. The summed E-state index contributed by atoms with van der Waals surface area (Å²) in [5, 5.41) is 0. The highest BCUT2D eigenvalue weighted by Crippen LogP contribution is 2.31. The largest absolute Gasteiger partial charge is 0.447 e. The smallest absolute Gasteiger partial charge is 0.339 e. The van der Waals surface area contributed by atoms with E-state index in [1.54, 1.807) is 36.4 Å². The maximum absolute atomic E-state index is 13.3. The molecule has 0 aromatic heterocycles. The average molecular weight is 351 g/mol. The number of Topliss-reactive ketones (excluding diaryl/α,β-unsaturated/α-hetero) is 1. The van der Waals surface area contributed by atoms with Crippen molar-refractivity contribution in [3.8, 4) is 0 Å². The van der Waals surface area contributed by atoms with Crippen molar-refractivity contribution in [1.29, 1.82) is 0 Å². The second-order valence-electron chi connectivity index (χ2n) is 6.79. The van der Waals surface area contributed by atoms with Gasteiger partial charge in [-0.25, -0.2) is 4.79 Å². The number of carbonyl (C=O) groups is 2. The average Bonchev–Trinajstić information content (AvgIpc) is 2.70. The number of ether oxygens (including phenoxy) is 1. The van der Waals surface area contributed by atoms with Crippen molar-refractivity contribution in [3.63, 3.8) is 0 Å². The molecule has 1 saturated heterocycles. The SMILES string of the molecule is CCCN1CCC(OC(=O)c2ccccc2)(C(=O)c2ccccc2)CC1. The molecule has 1 aliphatic heterocycles. The summed E-state index contributed by atoms with van der Waals surface area (Å²) in [4.78, 5) is 28.3. The Kier molecular flexibility index (Phi) is 5.84. The Balaban J connectivity index is 1.85. The first-order chi connectivity index (χ1) is 12.6. The van der Waals surface area contributed by atoms with Crippen LogP contribution in [0.3, 0.4) is 0 Å². The summed E-state index contributed by atoms with van der Waals surface area (Å²) in [5.74, 6) is -0.530. The molecule has 0 unspecified atom stereocenters. The monoisotopic (exact) mass is 351 g/mol. The van der Waals surface area contributed by atoms with Crippen LogP contribution in [-0.4, -0.2) is 41.9 Å². The number of piperidine rings is 1. The third kappa shape index (κ3) is 4.02. The molecule has 0 radical (unpaired) electrons. The molecule has 1 heterocycles. The second-order valence-corrected chi connectivity index (χ2v) is 6.79. The summed E-state index contributed by atoms with van der Waals surface area (Å²) < 4.78 is 5.89. The molecule has 3 rings (SSSR count). The molecule has 0 bridgehead atoms. The highest BCUT2D eigenvalue weighted by atomic mass is 16.6. The molecule has 4 heteroatoms. The minimum atomic E-state index is -1.08. The molecule has 2 aromatic rings. The number of likely N-dealkylation sites (tertiary alicyclic amines) is 1. The summed E-state index contributed by atoms with van der Waals surface area (Å²) in [5.41, 5.74) is -0.0144. The Morgan fingerprint density at radius 1 is 0.923 bits per heavy atom. The molecule has 2 aromatic carbocycles. The van der Waals surface area contributed by atoms with E-state index in [0.29, 0.717) is 24.0 Å². The maximum Gasteiger partial charge on any atom is 0.339 e. The quantitative estimate of drug-likeness (QED) is 0.583. The highest BCUT2D eigenvalue weighted by molar-refractivity contribution is 6.04. The summed E-state index contributed by atoms with van der Waals surface area (Å²) in [6.45, 7) is 4.66. The molecule has 0 saturated carbocycles. The Bertz CT molecular complexity index is 734. The number of benzene rings is 2. The molecule has 1 aliphatic rings. The van der Waals surface area contributed by atoms with Crippen molar-refractivity contribution in [2.45, 2.75) is 31.8 Å². The molecule has 0 aliphatic carbocycles. The van der Waals surface area contributed by atoms with E-state index in [1.807, 2.05) is 24.3 Å². The first-order valence-corrected chi connectivity index (χ1v) is 9.25. The normalized spacial score (nSPS) is 16.8. The van der Waals surface area contributed by atoms with Gasteiger partial charge in [0.2, 0.25) is 5.78 Å². The molecule has 0 amide bonds. The third-order valence-electron chi connectivity index (χ3n) is 4.95. The Morgan fingerprint density at radius 2 is 1.46 bits per heavy atom. The zero-order valence-corrected chi connectivity index (χ0v) is 15.2. The molecular weight excluding hydrogens is 326 g/mol. The zero-order valence-electron chi connectivity index (χ0n) is 15.2. The molecule has 4 nitrogen and oxygen atoms in total. The lowest BCUT2D eigenvalue weighted by atomic mass is 9.83. The molecular formula is C22H25NO3. The number of esters is 1. The minimum absolute atomic E-state index is 0.0986. The minimum Gasteiger partial charge on any atom is -0.447 e. The molecule has 1 fully saturated rings. The van der Waals surface area contributed by atoms with Gasteiger partial charge in [-0.1, -0.05) is 55.5 Å². The van der Waals surface area contributed by atoms with Gasteiger partial charge < -0.3 is 9.64 Å². The fourth-order valence-corrected chi connectivity index (χ4v) is 3.49. The topological polar surface area (TPSA) is 46.6 Å². The van der Waals surface area contributed by atoms with Crippen molar-refractivity contribution in [3.05, 3.63) is 71.8 Å². The van der Waals surface area contributed by atoms with Crippen LogP contribution in [0.1, 0.15) is 46.9 Å². The predicted octanol–water partition coefficient (Wildman–Crippen LogP) is 3.97. The van der Waals surface area contributed by atoms with Crippen LogP contribution in [0.5, 0.6) is 0 Å². The molecule has 26 heavy (non-hydrogen) atoms. The van der Waals surface area contributed by atoms with Gasteiger partial charge in [-0.2, -0.15) is 0 Å². The van der Waals surface area contributed by atoms with Crippen LogP contribution >= 0.6 is 0 Å². The van der Waals surface area contributed by atoms with Crippen LogP contribution in [0.25, 0.3) is 0 Å². The van der Waals surface area contributed by atoms with E-state index in [4.69, 9.17) is 4.74 Å². The second kappa shape index (κ2) is 8.28. The first-order valence-electron chi connectivity index (χ1n) is 9.25. The summed E-state index contributed by atoms with van der Waals surface area (Å²) in [7, 11) is 0. The summed E-state index contributed by atoms with van der Waals surface area (Å²) in [6.07, 6.45) is 2.13. The highest BCUT2D eigenvalue weighted by Gasteiger charge is 2.45. The standard InChI is InChI=1S/C22H25NO3/c1-2-15-23-16-13-22(14-17-23,20(24)18-9-5-3-6-10-18)26-21(25)19-11-7-4-8-12-19/h3-12H,2,13-17H2,1H3. The lowest BCUT2D eigenvalue weighted by molar-refractivity contribution is -0.0353. The van der Waals surface area contributed by atoms with E-state index >= 15 is 0 Å². The number of carbonyl (C=O) groups excluding carboxylic acids is 2. The Hall–Kier alpha value is -2.46. The number of nitrogens with zero attached hydrogens (tertiary/aromatic N) is 1. The van der Waals surface area contributed by atoms with Gasteiger partial charge >= 0.3 is 5.97 Å². The number of hydrogen-bond acceptors (Lipinski definition) is 4. The summed E-state index contributed by atoms with van der Waals surface area (Å²) in [6, 6.07) is 18.0. The van der Waals surface area contributed by atoms with Crippen LogP contribution < -0.4 is 0 Å². The molecule has 0 atom stereocenters. The van der Waals surface area contributed by atoms with Gasteiger partial charge in [0.15, 0.2) is 5.60 Å². The van der Waals surface area contributed by atoms with Gasteiger partial charge in [-0.05, 0) is 25.1 Å². The maximum atomic E-state index is 13.3. The van der Waals surface area contributed by atoms with Crippen LogP contribution in [-0.2, 0) is 4.74 Å². The van der Waals surface area contributed by atoms with Crippen molar-refractivity contribution in [1.82, 2.24) is 4.90 Å². The van der Waals surface area contributed by atoms with Gasteiger partial charge in [0.25, 0.3) is 0 Å². The van der Waals surface area contributed by atoms with Crippen LogP contribution in [0.15, 0.2) is 60.7 Å². The molecule has 136 valence electrons. The van der Waals surface area contributed by atoms with E-state index in [9.17, 15) is 9.59 Å². The Morgan fingerprint density at radius 3 is 2.00 bits per heavy atom. The van der Waals surface area contributed by atoms with E-state index in [0.717, 1.165) is 26.1 Å². The van der Waals surface area contributed by atoms with Crippen molar-refractivity contribution < 1.29 is 14.3 Å². The van der Waals surface area contributed by atoms with Gasteiger partial charge in [0.05, 0.1) is 5.56 Å². The van der Waals surface area contributed by atoms with Crippen LogP contribution in [0.2, 0.25) is 0 Å². The van der Waals surface area contributed by atoms with E-state index in [2.05, 4.69) is 11.8 Å². The Labute approximate surface area is 154 Å². The van der Waals surface area contributed by atoms with Crippen molar-refractivity contribution >= 4 is 11.8 Å².